The monoisotopic (exact) mass is 269 g/mol. The Morgan fingerprint density at radius 3 is 2.75 bits per heavy atom. The highest BCUT2D eigenvalue weighted by Crippen LogP contribution is 2.58. The van der Waals surface area contributed by atoms with E-state index in [0.717, 1.165) is 31.2 Å². The van der Waals surface area contributed by atoms with E-state index in [0.29, 0.717) is 17.9 Å². The van der Waals surface area contributed by atoms with Gasteiger partial charge in [-0.2, -0.15) is 0 Å². The predicted molar refractivity (Wildman–Crippen MR) is 79.2 cm³/mol. The second-order valence-electron chi connectivity index (χ2n) is 6.69. The molecule has 106 valence electrons. The molecule has 1 aromatic rings. The van der Waals surface area contributed by atoms with Crippen molar-refractivity contribution in [3.63, 3.8) is 0 Å². The quantitative estimate of drug-likeness (QED) is 0.803. The van der Waals surface area contributed by atoms with Gasteiger partial charge in [-0.25, -0.2) is 0 Å². The van der Waals surface area contributed by atoms with Crippen LogP contribution in [0.15, 0.2) is 24.3 Å². The highest BCUT2D eigenvalue weighted by molar-refractivity contribution is 5.83. The molecule has 3 aliphatic rings. The Labute approximate surface area is 121 Å². The summed E-state index contributed by atoms with van der Waals surface area (Å²) in [4.78, 5) is 15.1. The molecule has 3 unspecified atom stereocenters. The first kappa shape index (κ1) is 12.4. The van der Waals surface area contributed by atoms with Gasteiger partial charge in [-0.3, -0.25) is 4.79 Å². The molecule has 0 radical (unpaired) electrons. The lowest BCUT2D eigenvalue weighted by atomic mass is 9.90. The average molecular weight is 269 g/mol. The smallest absolute Gasteiger partial charge is 0.226 e. The van der Waals surface area contributed by atoms with Crippen LogP contribution in [-0.2, 0) is 11.2 Å². The maximum Gasteiger partial charge on any atom is 0.226 e. The molecule has 2 saturated carbocycles. The summed E-state index contributed by atoms with van der Waals surface area (Å²) in [5, 5.41) is 0. The zero-order chi connectivity index (χ0) is 13.7. The van der Waals surface area contributed by atoms with Crippen LogP contribution in [0.2, 0.25) is 0 Å². The summed E-state index contributed by atoms with van der Waals surface area (Å²) in [5.41, 5.74) is 2.83. The van der Waals surface area contributed by atoms with Gasteiger partial charge in [0.25, 0.3) is 0 Å². The summed E-state index contributed by atoms with van der Waals surface area (Å²) in [6, 6.07) is 8.99. The Balaban J connectivity index is 1.58. The molecule has 2 heteroatoms. The van der Waals surface area contributed by atoms with E-state index in [4.69, 9.17) is 0 Å². The van der Waals surface area contributed by atoms with Gasteiger partial charge in [0.05, 0.1) is 6.04 Å². The van der Waals surface area contributed by atoms with Crippen LogP contribution in [0.25, 0.3) is 0 Å². The zero-order valence-electron chi connectivity index (χ0n) is 12.2. The Bertz CT molecular complexity index is 528. The van der Waals surface area contributed by atoms with Crippen molar-refractivity contribution in [2.75, 3.05) is 6.54 Å². The number of nitrogens with zero attached hydrogens (tertiary/aromatic N) is 1. The van der Waals surface area contributed by atoms with Crippen molar-refractivity contribution in [1.82, 2.24) is 4.90 Å². The molecule has 3 atom stereocenters. The number of carbonyl (C=O) groups excluding carboxylic acids is 1. The van der Waals surface area contributed by atoms with Gasteiger partial charge in [0, 0.05) is 12.5 Å². The maximum absolute atomic E-state index is 12.9. The average Bonchev–Trinajstić information content (AvgIpc) is 2.97. The van der Waals surface area contributed by atoms with E-state index < -0.39 is 0 Å². The zero-order valence-corrected chi connectivity index (χ0v) is 12.2. The fourth-order valence-corrected chi connectivity index (χ4v) is 4.73. The van der Waals surface area contributed by atoms with Crippen molar-refractivity contribution < 1.29 is 4.79 Å². The number of hydrogen-bond donors (Lipinski definition) is 0. The van der Waals surface area contributed by atoms with Crippen molar-refractivity contribution in [1.29, 1.82) is 0 Å². The van der Waals surface area contributed by atoms with Gasteiger partial charge in [0.15, 0.2) is 0 Å². The summed E-state index contributed by atoms with van der Waals surface area (Å²) in [6.07, 6.45) is 6.00. The molecule has 0 N–H and O–H groups in total. The number of amides is 1. The van der Waals surface area contributed by atoms with E-state index in [1.807, 2.05) is 0 Å². The molecule has 0 spiro atoms. The van der Waals surface area contributed by atoms with Crippen LogP contribution in [0.5, 0.6) is 0 Å². The lowest BCUT2D eigenvalue weighted by molar-refractivity contribution is -0.136. The summed E-state index contributed by atoms with van der Waals surface area (Å²) < 4.78 is 0. The summed E-state index contributed by atoms with van der Waals surface area (Å²) in [5.74, 6) is 2.30. The predicted octanol–water partition coefficient (Wildman–Crippen LogP) is 3.57. The van der Waals surface area contributed by atoms with Crippen LogP contribution in [0.3, 0.4) is 0 Å². The lowest BCUT2D eigenvalue weighted by Crippen LogP contribution is -2.41. The van der Waals surface area contributed by atoms with E-state index in [2.05, 4.69) is 36.1 Å². The van der Waals surface area contributed by atoms with Crippen LogP contribution in [0.1, 0.15) is 49.8 Å². The first-order valence-electron chi connectivity index (χ1n) is 8.19. The van der Waals surface area contributed by atoms with E-state index in [9.17, 15) is 4.79 Å². The minimum absolute atomic E-state index is 0.314. The Hall–Kier alpha value is -1.31. The molecule has 1 heterocycles. The molecule has 1 amide bonds. The van der Waals surface area contributed by atoms with Gasteiger partial charge in [0.1, 0.15) is 0 Å². The third-order valence-electron chi connectivity index (χ3n) is 5.77. The van der Waals surface area contributed by atoms with Gasteiger partial charge in [0.2, 0.25) is 5.91 Å². The normalized spacial score (nSPS) is 34.5. The molecule has 4 rings (SSSR count). The van der Waals surface area contributed by atoms with Crippen molar-refractivity contribution in [2.24, 2.45) is 17.8 Å². The largest absolute Gasteiger partial charge is 0.335 e. The van der Waals surface area contributed by atoms with Gasteiger partial charge >= 0.3 is 0 Å². The summed E-state index contributed by atoms with van der Waals surface area (Å²) in [6.45, 7) is 3.13. The topological polar surface area (TPSA) is 20.3 Å². The highest BCUT2D eigenvalue weighted by atomic mass is 16.2. The Kier molecular flexibility index (Phi) is 2.87. The molecule has 0 bridgehead atoms. The SMILES string of the molecule is CCC1c2ccccc2CCN1C(=O)C1C2CCCC21. The minimum Gasteiger partial charge on any atom is -0.335 e. The Morgan fingerprint density at radius 1 is 1.25 bits per heavy atom. The highest BCUT2D eigenvalue weighted by Gasteiger charge is 2.58. The number of benzene rings is 1. The van der Waals surface area contributed by atoms with Crippen molar-refractivity contribution in [3.05, 3.63) is 35.4 Å². The number of hydrogen-bond acceptors (Lipinski definition) is 1. The molecule has 2 aliphatic carbocycles. The first-order chi connectivity index (χ1) is 9.81. The fourth-order valence-electron chi connectivity index (χ4n) is 4.73. The molecule has 20 heavy (non-hydrogen) atoms. The van der Waals surface area contributed by atoms with E-state index in [-0.39, 0.29) is 0 Å². The van der Waals surface area contributed by atoms with Crippen molar-refractivity contribution in [3.8, 4) is 0 Å². The van der Waals surface area contributed by atoms with E-state index in [1.54, 1.807) is 0 Å². The van der Waals surface area contributed by atoms with Crippen LogP contribution in [0.4, 0.5) is 0 Å². The van der Waals surface area contributed by atoms with Crippen LogP contribution in [-0.4, -0.2) is 17.4 Å². The van der Waals surface area contributed by atoms with Crippen LogP contribution < -0.4 is 0 Å². The number of rotatable bonds is 2. The summed E-state index contributed by atoms with van der Waals surface area (Å²) in [7, 11) is 0. The summed E-state index contributed by atoms with van der Waals surface area (Å²) >= 11 is 0. The standard InChI is InChI=1S/C18H23NO/c1-2-16-13-7-4-3-6-12(13)10-11-19(16)18(20)17-14-8-5-9-15(14)17/h3-4,6-7,14-17H,2,5,8-11H2,1H3. The molecule has 0 saturated heterocycles. The number of carbonyl (C=O) groups is 1. The molecular formula is C18H23NO. The molecule has 1 aromatic carbocycles. The van der Waals surface area contributed by atoms with E-state index in [1.165, 1.54) is 30.4 Å². The van der Waals surface area contributed by atoms with Crippen molar-refractivity contribution >= 4 is 5.91 Å². The molecular weight excluding hydrogens is 246 g/mol. The molecule has 2 nitrogen and oxygen atoms in total. The third-order valence-corrected chi connectivity index (χ3v) is 5.77. The third kappa shape index (κ3) is 1.73. The maximum atomic E-state index is 12.9. The molecule has 1 aliphatic heterocycles. The van der Waals surface area contributed by atoms with Gasteiger partial charge < -0.3 is 4.90 Å². The van der Waals surface area contributed by atoms with Gasteiger partial charge in [-0.15, -0.1) is 0 Å². The second kappa shape index (κ2) is 4.61. The van der Waals surface area contributed by atoms with Gasteiger partial charge in [-0.1, -0.05) is 37.6 Å². The van der Waals surface area contributed by atoms with Gasteiger partial charge in [-0.05, 0) is 48.6 Å². The van der Waals surface area contributed by atoms with Crippen LogP contribution in [0, 0.1) is 17.8 Å². The molecule has 0 aromatic heterocycles. The number of fused-ring (bicyclic) bond motifs is 2. The lowest BCUT2D eigenvalue weighted by Gasteiger charge is -2.37. The van der Waals surface area contributed by atoms with E-state index >= 15 is 0 Å². The van der Waals surface area contributed by atoms with Crippen molar-refractivity contribution in [2.45, 2.75) is 45.1 Å². The minimum atomic E-state index is 0.314. The van der Waals surface area contributed by atoms with Crippen LogP contribution >= 0.6 is 0 Å². The molecule has 2 fully saturated rings. The Morgan fingerprint density at radius 2 is 2.00 bits per heavy atom. The first-order valence-corrected chi connectivity index (χ1v) is 8.19. The fraction of sp³-hybridized carbons (Fsp3) is 0.611. The second-order valence-corrected chi connectivity index (χ2v) is 6.69.